The Morgan fingerprint density at radius 3 is 2.26 bits per heavy atom. The Hall–Kier alpha value is -2.49. The van der Waals surface area contributed by atoms with E-state index >= 15 is 0 Å². The van der Waals surface area contributed by atoms with E-state index in [4.69, 9.17) is 0 Å². The zero-order valence-electron chi connectivity index (χ0n) is 10.6. The topological polar surface area (TPSA) is 62.0 Å². The summed E-state index contributed by atoms with van der Waals surface area (Å²) in [5, 5.41) is 17.6. The molecule has 0 aliphatic heterocycles. The Kier molecular flexibility index (Phi) is 4.03. The molecule has 0 aliphatic rings. The maximum absolute atomic E-state index is 10.6. The van der Waals surface area contributed by atoms with Crippen LogP contribution in [0, 0.1) is 0 Å². The molecule has 4 nitrogen and oxygen atoms in total. The number of phenols is 1. The molecule has 0 bridgehead atoms. The Labute approximate surface area is 111 Å². The number of aromatic hydroxyl groups is 1. The Morgan fingerprint density at radius 2 is 1.68 bits per heavy atom. The summed E-state index contributed by atoms with van der Waals surface area (Å²) in [6.45, 7) is 2.09. The number of rotatable bonds is 4. The van der Waals surface area contributed by atoms with Gasteiger partial charge >= 0.3 is 0 Å². The van der Waals surface area contributed by atoms with Gasteiger partial charge < -0.3 is 5.11 Å². The van der Waals surface area contributed by atoms with Gasteiger partial charge in [-0.2, -0.15) is 10.2 Å². The molecule has 0 amide bonds. The van der Waals surface area contributed by atoms with Crippen LogP contribution in [0.4, 0.5) is 11.4 Å². The number of azo groups is 1. The van der Waals surface area contributed by atoms with E-state index in [-0.39, 0.29) is 11.3 Å². The maximum atomic E-state index is 10.6. The predicted octanol–water partition coefficient (Wildman–Crippen LogP) is 4.18. The number of carbonyl (C=O) groups excluding carboxylic acids is 1. The summed E-state index contributed by atoms with van der Waals surface area (Å²) in [5.74, 6) is -0.0900. The summed E-state index contributed by atoms with van der Waals surface area (Å²) < 4.78 is 0. The Morgan fingerprint density at radius 1 is 1.05 bits per heavy atom. The first kappa shape index (κ1) is 13.0. The van der Waals surface area contributed by atoms with Crippen molar-refractivity contribution in [2.45, 2.75) is 13.3 Å². The molecule has 1 N–H and O–H groups in total. The second kappa shape index (κ2) is 5.91. The molecule has 0 fully saturated rings. The van der Waals surface area contributed by atoms with Crippen LogP contribution in [0.5, 0.6) is 5.75 Å². The van der Waals surface area contributed by atoms with Crippen LogP contribution in [-0.4, -0.2) is 11.4 Å². The minimum atomic E-state index is -0.0900. The fraction of sp³-hybridized carbons (Fsp3) is 0.133. The van der Waals surface area contributed by atoms with E-state index in [0.717, 1.165) is 12.1 Å². The number of phenolic OH excluding ortho intramolecular Hbond substituents is 1. The van der Waals surface area contributed by atoms with E-state index in [0.29, 0.717) is 12.0 Å². The van der Waals surface area contributed by atoms with E-state index < -0.39 is 0 Å². The van der Waals surface area contributed by atoms with Crippen LogP contribution in [0.3, 0.4) is 0 Å². The molecule has 0 saturated heterocycles. The Bertz CT molecular complexity index is 604. The van der Waals surface area contributed by atoms with Crippen LogP contribution in [0.15, 0.2) is 52.7 Å². The third kappa shape index (κ3) is 3.25. The highest BCUT2D eigenvalue weighted by Gasteiger charge is 2.00. The average Bonchev–Trinajstić information content (AvgIpc) is 2.46. The van der Waals surface area contributed by atoms with Crippen molar-refractivity contribution in [1.82, 2.24) is 0 Å². The van der Waals surface area contributed by atoms with Crippen molar-refractivity contribution in [3.8, 4) is 5.75 Å². The van der Waals surface area contributed by atoms with Gasteiger partial charge in [0.2, 0.25) is 0 Å². The van der Waals surface area contributed by atoms with E-state index in [2.05, 4.69) is 17.2 Å². The monoisotopic (exact) mass is 254 g/mol. The van der Waals surface area contributed by atoms with Crippen LogP contribution in [0.25, 0.3) is 0 Å². The van der Waals surface area contributed by atoms with E-state index in [1.165, 1.54) is 17.7 Å². The molecule has 0 radical (unpaired) electrons. The van der Waals surface area contributed by atoms with Crippen molar-refractivity contribution in [1.29, 1.82) is 0 Å². The molecular formula is C15H14N2O2. The molecule has 2 aromatic carbocycles. The van der Waals surface area contributed by atoms with Gasteiger partial charge in [0.1, 0.15) is 5.75 Å². The van der Waals surface area contributed by atoms with Crippen molar-refractivity contribution in [3.05, 3.63) is 53.6 Å². The zero-order valence-corrected chi connectivity index (χ0v) is 10.6. The number of hydrogen-bond donors (Lipinski definition) is 1. The van der Waals surface area contributed by atoms with Crippen molar-refractivity contribution >= 4 is 17.7 Å². The molecule has 0 atom stereocenters. The quantitative estimate of drug-likeness (QED) is 0.657. The van der Waals surface area contributed by atoms with E-state index in [1.807, 2.05) is 24.3 Å². The minimum Gasteiger partial charge on any atom is -0.507 e. The smallest absolute Gasteiger partial charge is 0.153 e. The number of aldehydes is 1. The number of aryl methyl sites for hydroxylation is 1. The average molecular weight is 254 g/mol. The minimum absolute atomic E-state index is 0.0900. The fourth-order valence-corrected chi connectivity index (χ4v) is 1.61. The molecule has 2 rings (SSSR count). The Balaban J connectivity index is 2.17. The molecule has 0 saturated carbocycles. The fourth-order valence-electron chi connectivity index (χ4n) is 1.61. The van der Waals surface area contributed by atoms with Gasteiger partial charge in [-0.3, -0.25) is 4.79 Å². The van der Waals surface area contributed by atoms with Gasteiger partial charge in [0, 0.05) is 6.07 Å². The number of benzene rings is 2. The molecular weight excluding hydrogens is 240 g/mol. The van der Waals surface area contributed by atoms with Crippen LogP contribution in [0.1, 0.15) is 22.8 Å². The van der Waals surface area contributed by atoms with Crippen molar-refractivity contribution < 1.29 is 9.90 Å². The second-order valence-electron chi connectivity index (χ2n) is 4.08. The highest BCUT2D eigenvalue weighted by molar-refractivity contribution is 5.80. The van der Waals surface area contributed by atoms with E-state index in [9.17, 15) is 9.90 Å². The summed E-state index contributed by atoms with van der Waals surface area (Å²) in [5.41, 5.74) is 2.73. The molecule has 2 aromatic rings. The summed E-state index contributed by atoms with van der Waals surface area (Å²) in [6.07, 6.45) is 1.58. The third-order valence-electron chi connectivity index (χ3n) is 2.77. The molecule has 0 unspecified atom stereocenters. The highest BCUT2D eigenvalue weighted by atomic mass is 16.3. The first-order chi connectivity index (χ1) is 9.22. The molecule has 19 heavy (non-hydrogen) atoms. The molecule has 0 aromatic heterocycles. The standard InChI is InChI=1S/C15H14N2O2/c1-2-11-3-6-13(7-4-11)16-17-14-8-5-12(10-18)15(19)9-14/h3-10,19H,2H2,1H3/b17-16+. The lowest BCUT2D eigenvalue weighted by Crippen LogP contribution is -1.79. The number of carbonyl (C=O) groups is 1. The lowest BCUT2D eigenvalue weighted by Gasteiger charge is -1.98. The SMILES string of the molecule is CCc1ccc(/N=N/c2ccc(C=O)c(O)c2)cc1. The summed E-state index contributed by atoms with van der Waals surface area (Å²) in [6, 6.07) is 12.3. The van der Waals surface area contributed by atoms with Gasteiger partial charge in [0.25, 0.3) is 0 Å². The van der Waals surface area contributed by atoms with Crippen LogP contribution in [0.2, 0.25) is 0 Å². The first-order valence-electron chi connectivity index (χ1n) is 6.02. The molecule has 0 heterocycles. The summed E-state index contributed by atoms with van der Waals surface area (Å²) >= 11 is 0. The normalized spacial score (nSPS) is 10.8. The van der Waals surface area contributed by atoms with Gasteiger partial charge in [0.15, 0.2) is 6.29 Å². The molecule has 0 spiro atoms. The van der Waals surface area contributed by atoms with Crippen molar-refractivity contribution in [3.63, 3.8) is 0 Å². The summed E-state index contributed by atoms with van der Waals surface area (Å²) in [7, 11) is 0. The molecule has 96 valence electrons. The third-order valence-corrected chi connectivity index (χ3v) is 2.77. The second-order valence-corrected chi connectivity index (χ2v) is 4.08. The largest absolute Gasteiger partial charge is 0.507 e. The molecule has 4 heteroatoms. The predicted molar refractivity (Wildman–Crippen MR) is 73.5 cm³/mol. The molecule has 0 aliphatic carbocycles. The highest BCUT2D eigenvalue weighted by Crippen LogP contribution is 2.24. The summed E-state index contributed by atoms with van der Waals surface area (Å²) in [4.78, 5) is 10.6. The van der Waals surface area contributed by atoms with Crippen LogP contribution < -0.4 is 0 Å². The van der Waals surface area contributed by atoms with E-state index in [1.54, 1.807) is 6.07 Å². The van der Waals surface area contributed by atoms with Gasteiger partial charge in [-0.15, -0.1) is 0 Å². The maximum Gasteiger partial charge on any atom is 0.153 e. The first-order valence-corrected chi connectivity index (χ1v) is 6.02. The lowest BCUT2D eigenvalue weighted by atomic mass is 10.2. The van der Waals surface area contributed by atoms with Gasteiger partial charge in [0.05, 0.1) is 16.9 Å². The van der Waals surface area contributed by atoms with Crippen molar-refractivity contribution in [2.24, 2.45) is 10.2 Å². The number of hydrogen-bond acceptors (Lipinski definition) is 4. The van der Waals surface area contributed by atoms with Crippen LogP contribution >= 0.6 is 0 Å². The zero-order chi connectivity index (χ0) is 13.7. The van der Waals surface area contributed by atoms with Gasteiger partial charge in [-0.1, -0.05) is 19.1 Å². The van der Waals surface area contributed by atoms with Crippen LogP contribution in [-0.2, 0) is 6.42 Å². The number of nitrogens with zero attached hydrogens (tertiary/aromatic N) is 2. The lowest BCUT2D eigenvalue weighted by molar-refractivity contribution is 0.112. The van der Waals surface area contributed by atoms with Crippen molar-refractivity contribution in [2.75, 3.05) is 0 Å². The van der Waals surface area contributed by atoms with Gasteiger partial charge in [-0.25, -0.2) is 0 Å². The van der Waals surface area contributed by atoms with Gasteiger partial charge in [-0.05, 0) is 36.2 Å².